The zero-order chi connectivity index (χ0) is 15.8. The molecule has 1 N–H and O–H groups in total. The SMILES string of the molecule is CCCCOC(=O)NC1C[CH]OC(C)C1OC1CCCCO1. The number of carbonyl (C=O) groups is 1. The molecule has 2 aliphatic heterocycles. The van der Waals surface area contributed by atoms with Gasteiger partial charge in [0, 0.05) is 6.61 Å². The minimum absolute atomic E-state index is 0.125. The van der Waals surface area contributed by atoms with E-state index in [2.05, 4.69) is 12.2 Å². The van der Waals surface area contributed by atoms with E-state index in [-0.39, 0.29) is 30.6 Å². The second-order valence-electron chi connectivity index (χ2n) is 5.88. The van der Waals surface area contributed by atoms with Crippen LogP contribution in [-0.4, -0.2) is 43.8 Å². The van der Waals surface area contributed by atoms with Crippen molar-refractivity contribution in [3.8, 4) is 0 Å². The molecular weight excluding hydrogens is 286 g/mol. The van der Waals surface area contributed by atoms with Crippen molar-refractivity contribution < 1.29 is 23.7 Å². The van der Waals surface area contributed by atoms with Crippen LogP contribution in [0.5, 0.6) is 0 Å². The van der Waals surface area contributed by atoms with E-state index in [9.17, 15) is 4.79 Å². The van der Waals surface area contributed by atoms with Gasteiger partial charge in [0.2, 0.25) is 0 Å². The lowest BCUT2D eigenvalue weighted by Gasteiger charge is -2.38. The molecule has 6 nitrogen and oxygen atoms in total. The maximum atomic E-state index is 11.9. The molecule has 22 heavy (non-hydrogen) atoms. The molecule has 0 aromatic carbocycles. The molecular formula is C16H28NO5. The lowest BCUT2D eigenvalue weighted by molar-refractivity contribution is -0.221. The highest BCUT2D eigenvalue weighted by molar-refractivity contribution is 5.67. The maximum absolute atomic E-state index is 11.9. The lowest BCUT2D eigenvalue weighted by atomic mass is 10.0. The molecule has 0 aromatic rings. The minimum atomic E-state index is -0.390. The van der Waals surface area contributed by atoms with Gasteiger partial charge in [-0.1, -0.05) is 13.3 Å². The molecule has 4 unspecified atom stereocenters. The van der Waals surface area contributed by atoms with Crippen LogP contribution in [-0.2, 0) is 18.9 Å². The molecule has 2 saturated heterocycles. The fourth-order valence-corrected chi connectivity index (χ4v) is 2.69. The van der Waals surface area contributed by atoms with E-state index in [0.29, 0.717) is 13.0 Å². The zero-order valence-electron chi connectivity index (χ0n) is 13.6. The first-order chi connectivity index (χ1) is 10.7. The van der Waals surface area contributed by atoms with E-state index >= 15 is 0 Å². The second-order valence-corrected chi connectivity index (χ2v) is 5.88. The Labute approximate surface area is 132 Å². The number of rotatable bonds is 6. The molecule has 0 aromatic heterocycles. The average Bonchev–Trinajstić information content (AvgIpc) is 2.52. The summed E-state index contributed by atoms with van der Waals surface area (Å²) >= 11 is 0. The first kappa shape index (κ1) is 17.5. The molecule has 4 atom stereocenters. The summed E-state index contributed by atoms with van der Waals surface area (Å²) in [4.78, 5) is 11.9. The summed E-state index contributed by atoms with van der Waals surface area (Å²) in [5.41, 5.74) is 0. The molecule has 6 heteroatoms. The predicted octanol–water partition coefficient (Wildman–Crippen LogP) is 2.76. The monoisotopic (exact) mass is 314 g/mol. The fourth-order valence-electron chi connectivity index (χ4n) is 2.69. The standard InChI is InChI=1S/C16H28NO5/c1-3-4-9-21-16(18)17-13-8-11-19-12(2)15(13)22-14-7-5-6-10-20-14/h11-15H,3-10H2,1-2H3,(H,17,18). The topological polar surface area (TPSA) is 66.0 Å². The Morgan fingerprint density at radius 2 is 2.27 bits per heavy atom. The van der Waals surface area contributed by atoms with Crippen molar-refractivity contribution >= 4 is 6.09 Å². The molecule has 1 radical (unpaired) electrons. The maximum Gasteiger partial charge on any atom is 0.407 e. The smallest absolute Gasteiger partial charge is 0.407 e. The van der Waals surface area contributed by atoms with E-state index in [0.717, 1.165) is 38.7 Å². The van der Waals surface area contributed by atoms with Crippen molar-refractivity contribution in [2.45, 2.75) is 76.9 Å². The Morgan fingerprint density at radius 3 is 3.00 bits per heavy atom. The van der Waals surface area contributed by atoms with Gasteiger partial charge in [0.15, 0.2) is 6.29 Å². The zero-order valence-corrected chi connectivity index (χ0v) is 13.6. The first-order valence-corrected chi connectivity index (χ1v) is 8.38. The summed E-state index contributed by atoms with van der Waals surface area (Å²) in [5, 5.41) is 2.89. The molecule has 0 bridgehead atoms. The van der Waals surface area contributed by atoms with Crippen LogP contribution in [0.4, 0.5) is 4.79 Å². The largest absolute Gasteiger partial charge is 0.450 e. The van der Waals surface area contributed by atoms with Crippen LogP contribution in [0.15, 0.2) is 0 Å². The van der Waals surface area contributed by atoms with Crippen LogP contribution in [0.3, 0.4) is 0 Å². The number of alkyl carbamates (subject to hydrolysis) is 1. The van der Waals surface area contributed by atoms with Crippen LogP contribution >= 0.6 is 0 Å². The first-order valence-electron chi connectivity index (χ1n) is 8.38. The van der Waals surface area contributed by atoms with Crippen LogP contribution in [0.25, 0.3) is 0 Å². The second kappa shape index (κ2) is 9.33. The molecule has 2 fully saturated rings. The van der Waals surface area contributed by atoms with Gasteiger partial charge < -0.3 is 24.3 Å². The highest BCUT2D eigenvalue weighted by Gasteiger charge is 2.36. The van der Waals surface area contributed by atoms with E-state index in [1.807, 2.05) is 6.92 Å². The van der Waals surface area contributed by atoms with Crippen molar-refractivity contribution in [3.05, 3.63) is 6.61 Å². The molecule has 2 heterocycles. The number of ether oxygens (including phenoxy) is 4. The van der Waals surface area contributed by atoms with Gasteiger partial charge in [0.1, 0.15) is 6.10 Å². The third kappa shape index (κ3) is 5.41. The molecule has 2 rings (SSSR count). The quantitative estimate of drug-likeness (QED) is 0.764. The van der Waals surface area contributed by atoms with Gasteiger partial charge in [-0.3, -0.25) is 0 Å². The Balaban J connectivity index is 1.84. The summed E-state index contributed by atoms with van der Waals surface area (Å²) in [6.45, 7) is 6.91. The Hall–Kier alpha value is -0.850. The van der Waals surface area contributed by atoms with Gasteiger partial charge in [-0.15, -0.1) is 0 Å². The van der Waals surface area contributed by atoms with E-state index < -0.39 is 0 Å². The number of amides is 1. The minimum Gasteiger partial charge on any atom is -0.450 e. The highest BCUT2D eigenvalue weighted by atomic mass is 16.7. The van der Waals surface area contributed by atoms with Crippen molar-refractivity contribution in [2.75, 3.05) is 13.2 Å². The van der Waals surface area contributed by atoms with Crippen LogP contribution in [0.2, 0.25) is 0 Å². The van der Waals surface area contributed by atoms with E-state index in [1.54, 1.807) is 6.61 Å². The summed E-state index contributed by atoms with van der Waals surface area (Å²) in [6, 6.07) is -0.150. The Bertz CT molecular complexity index is 332. The van der Waals surface area contributed by atoms with Crippen LogP contribution < -0.4 is 5.32 Å². The van der Waals surface area contributed by atoms with Crippen molar-refractivity contribution in [2.24, 2.45) is 0 Å². The van der Waals surface area contributed by atoms with Crippen LogP contribution in [0, 0.1) is 6.61 Å². The Morgan fingerprint density at radius 1 is 1.41 bits per heavy atom. The number of hydrogen-bond donors (Lipinski definition) is 1. The third-order valence-corrected chi connectivity index (χ3v) is 4.00. The van der Waals surface area contributed by atoms with Gasteiger partial charge in [0.05, 0.1) is 25.4 Å². The van der Waals surface area contributed by atoms with Gasteiger partial charge in [0.25, 0.3) is 0 Å². The molecule has 0 aliphatic carbocycles. The van der Waals surface area contributed by atoms with Crippen molar-refractivity contribution in [3.63, 3.8) is 0 Å². The summed E-state index contributed by atoms with van der Waals surface area (Å²) < 4.78 is 22.4. The number of unbranched alkanes of at least 4 members (excludes halogenated alkanes) is 1. The fraction of sp³-hybridized carbons (Fsp3) is 0.875. The Kier molecular flexibility index (Phi) is 7.42. The molecule has 127 valence electrons. The van der Waals surface area contributed by atoms with E-state index in [1.165, 1.54) is 0 Å². The van der Waals surface area contributed by atoms with E-state index in [4.69, 9.17) is 18.9 Å². The average molecular weight is 314 g/mol. The molecule has 0 spiro atoms. The van der Waals surface area contributed by atoms with Gasteiger partial charge in [-0.05, 0) is 39.0 Å². The lowest BCUT2D eigenvalue weighted by Crippen LogP contribution is -2.54. The third-order valence-electron chi connectivity index (χ3n) is 4.00. The molecule has 2 aliphatic rings. The van der Waals surface area contributed by atoms with Crippen molar-refractivity contribution in [1.82, 2.24) is 5.32 Å². The number of nitrogens with one attached hydrogen (secondary N) is 1. The van der Waals surface area contributed by atoms with Crippen LogP contribution in [0.1, 0.15) is 52.4 Å². The number of carbonyl (C=O) groups excluding carboxylic acids is 1. The molecule has 0 saturated carbocycles. The molecule has 1 amide bonds. The summed E-state index contributed by atoms with van der Waals surface area (Å²) in [5.74, 6) is 0. The summed E-state index contributed by atoms with van der Waals surface area (Å²) in [7, 11) is 0. The predicted molar refractivity (Wildman–Crippen MR) is 81.1 cm³/mol. The van der Waals surface area contributed by atoms with Gasteiger partial charge in [-0.2, -0.15) is 0 Å². The van der Waals surface area contributed by atoms with Crippen molar-refractivity contribution in [1.29, 1.82) is 0 Å². The number of hydrogen-bond acceptors (Lipinski definition) is 5. The van der Waals surface area contributed by atoms with Gasteiger partial charge >= 0.3 is 6.09 Å². The normalized spacial score (nSPS) is 32.5. The van der Waals surface area contributed by atoms with Gasteiger partial charge in [-0.25, -0.2) is 4.79 Å². The summed E-state index contributed by atoms with van der Waals surface area (Å²) in [6.07, 6.45) is 4.60. The highest BCUT2D eigenvalue weighted by Crippen LogP contribution is 2.25.